The number of imidazole rings is 1. The van der Waals surface area contributed by atoms with Gasteiger partial charge in [-0.3, -0.25) is 9.59 Å². The molecular weight excluding hydrogens is 405 g/mol. The van der Waals surface area contributed by atoms with Crippen LogP contribution in [0.15, 0.2) is 36.0 Å². The molecule has 6 nitrogen and oxygen atoms in total. The highest BCUT2D eigenvalue weighted by Gasteiger charge is 2.32. The number of anilines is 1. The van der Waals surface area contributed by atoms with Crippen molar-refractivity contribution in [2.45, 2.75) is 19.0 Å². The third-order valence-electron chi connectivity index (χ3n) is 4.56. The Kier molecular flexibility index (Phi) is 4.81. The van der Waals surface area contributed by atoms with E-state index in [9.17, 15) is 22.8 Å². The number of fused-ring (bicyclic) bond motifs is 1. The number of nitrogens with one attached hydrogen (secondary N) is 1. The maximum Gasteiger partial charge on any atom is 0.406 e. The summed E-state index contributed by atoms with van der Waals surface area (Å²) in [6.45, 7) is -1.30. The summed E-state index contributed by atoms with van der Waals surface area (Å²) >= 11 is 1.10. The highest BCUT2D eigenvalue weighted by atomic mass is 32.1. The van der Waals surface area contributed by atoms with Gasteiger partial charge in [0.15, 0.2) is 5.82 Å². The summed E-state index contributed by atoms with van der Waals surface area (Å²) in [5.41, 5.74) is 2.15. The Labute approximate surface area is 168 Å². The predicted molar refractivity (Wildman–Crippen MR) is 103 cm³/mol. The van der Waals surface area contributed by atoms with Gasteiger partial charge in [-0.05, 0) is 47.5 Å². The molecule has 0 saturated heterocycles. The highest BCUT2D eigenvalue weighted by Crippen LogP contribution is 2.31. The normalized spacial score (nSPS) is 14.2. The van der Waals surface area contributed by atoms with Crippen LogP contribution in [-0.4, -0.2) is 45.9 Å². The fraction of sp³-hybridized carbons (Fsp3) is 0.316. The lowest BCUT2D eigenvalue weighted by Gasteiger charge is -2.17. The van der Waals surface area contributed by atoms with E-state index < -0.39 is 18.6 Å². The molecule has 10 heteroatoms. The van der Waals surface area contributed by atoms with Crippen molar-refractivity contribution in [3.05, 3.63) is 40.8 Å². The Morgan fingerprint density at radius 3 is 2.72 bits per heavy atom. The number of rotatable bonds is 5. The summed E-state index contributed by atoms with van der Waals surface area (Å²) in [6, 6.07) is 5.16. The molecule has 0 bridgehead atoms. The predicted octanol–water partition coefficient (Wildman–Crippen LogP) is 4.05. The molecule has 29 heavy (non-hydrogen) atoms. The van der Waals surface area contributed by atoms with Crippen molar-refractivity contribution in [1.29, 1.82) is 0 Å². The van der Waals surface area contributed by atoms with E-state index in [2.05, 4.69) is 10.3 Å². The number of hydrogen-bond acceptors (Lipinski definition) is 4. The van der Waals surface area contributed by atoms with E-state index in [1.54, 1.807) is 34.3 Å². The van der Waals surface area contributed by atoms with Crippen LogP contribution in [0.25, 0.3) is 16.8 Å². The first-order valence-corrected chi connectivity index (χ1v) is 9.78. The molecule has 4 rings (SSSR count). The molecule has 1 aliphatic rings. The first-order valence-electron chi connectivity index (χ1n) is 8.90. The van der Waals surface area contributed by atoms with Gasteiger partial charge in [0.25, 0.3) is 5.91 Å². The van der Waals surface area contributed by atoms with E-state index in [0.29, 0.717) is 16.4 Å². The van der Waals surface area contributed by atoms with Crippen LogP contribution in [-0.2, 0) is 4.79 Å². The third kappa shape index (κ3) is 4.42. The van der Waals surface area contributed by atoms with Crippen LogP contribution in [0.4, 0.5) is 19.0 Å². The average Bonchev–Trinajstić information content (AvgIpc) is 3.24. The fourth-order valence-electron chi connectivity index (χ4n) is 2.93. The Bertz CT molecular complexity index is 1080. The van der Waals surface area contributed by atoms with Crippen LogP contribution in [0, 0.1) is 5.92 Å². The van der Waals surface area contributed by atoms with Gasteiger partial charge >= 0.3 is 6.18 Å². The van der Waals surface area contributed by atoms with E-state index in [4.69, 9.17) is 0 Å². The molecule has 152 valence electrons. The van der Waals surface area contributed by atoms with Crippen LogP contribution < -0.4 is 5.32 Å². The Morgan fingerprint density at radius 1 is 1.28 bits per heavy atom. The van der Waals surface area contributed by atoms with E-state index in [1.807, 2.05) is 6.07 Å². The second-order valence-electron chi connectivity index (χ2n) is 7.05. The van der Waals surface area contributed by atoms with Crippen molar-refractivity contribution in [3.63, 3.8) is 0 Å². The van der Waals surface area contributed by atoms with Gasteiger partial charge < -0.3 is 14.6 Å². The summed E-state index contributed by atoms with van der Waals surface area (Å²) in [5, 5.41) is 4.52. The molecule has 3 aromatic rings. The van der Waals surface area contributed by atoms with E-state index in [1.165, 1.54) is 0 Å². The highest BCUT2D eigenvalue weighted by molar-refractivity contribution is 7.12. The van der Waals surface area contributed by atoms with Crippen molar-refractivity contribution < 1.29 is 22.8 Å². The standard InChI is InChI=1S/C19H17F3N4O2S/c1-25(10-19(20,21)22)18(28)14-6-13(9-29-14)12-4-5-16-23-15(8-26(16)7-12)24-17(27)11-2-3-11/h4-9,11H,2-3,10H2,1H3,(H,24,27). The van der Waals surface area contributed by atoms with Gasteiger partial charge in [-0.15, -0.1) is 11.3 Å². The number of carbonyl (C=O) groups excluding carboxylic acids is 2. The molecule has 2 amide bonds. The van der Waals surface area contributed by atoms with Gasteiger partial charge in [-0.25, -0.2) is 4.98 Å². The Hall–Kier alpha value is -2.88. The SMILES string of the molecule is CN(CC(F)(F)F)C(=O)c1cc(-c2ccc3nc(NC(=O)C4CC4)cn3c2)cs1. The van der Waals surface area contributed by atoms with Crippen molar-refractivity contribution in [2.75, 3.05) is 18.9 Å². The van der Waals surface area contributed by atoms with Crippen LogP contribution >= 0.6 is 11.3 Å². The summed E-state index contributed by atoms with van der Waals surface area (Å²) in [5.74, 6) is -0.161. The quantitative estimate of drug-likeness (QED) is 0.675. The first-order chi connectivity index (χ1) is 13.7. The summed E-state index contributed by atoms with van der Waals surface area (Å²) < 4.78 is 39.3. The first kappa shape index (κ1) is 19.4. The number of hydrogen-bond donors (Lipinski definition) is 1. The zero-order chi connectivity index (χ0) is 20.8. The molecule has 0 spiro atoms. The molecule has 1 fully saturated rings. The molecular formula is C19H17F3N4O2S. The van der Waals surface area contributed by atoms with Crippen molar-refractivity contribution in [1.82, 2.24) is 14.3 Å². The fourth-order valence-corrected chi connectivity index (χ4v) is 3.83. The average molecular weight is 422 g/mol. The van der Waals surface area contributed by atoms with Gasteiger partial charge in [0, 0.05) is 19.2 Å². The van der Waals surface area contributed by atoms with Crippen molar-refractivity contribution >= 4 is 34.6 Å². The number of pyridine rings is 1. The van der Waals surface area contributed by atoms with Gasteiger partial charge in [0.05, 0.1) is 11.1 Å². The number of aromatic nitrogens is 2. The number of amides is 2. The summed E-state index contributed by atoms with van der Waals surface area (Å²) in [6.07, 6.45) is 0.866. The lowest BCUT2D eigenvalue weighted by atomic mass is 10.1. The number of carbonyl (C=O) groups is 2. The molecule has 0 atom stereocenters. The largest absolute Gasteiger partial charge is 0.406 e. The Morgan fingerprint density at radius 2 is 2.03 bits per heavy atom. The van der Waals surface area contributed by atoms with Crippen molar-refractivity contribution in [3.8, 4) is 11.1 Å². The molecule has 0 radical (unpaired) electrons. The molecule has 0 aromatic carbocycles. The number of halogens is 3. The summed E-state index contributed by atoms with van der Waals surface area (Å²) in [7, 11) is 1.13. The van der Waals surface area contributed by atoms with Crippen LogP contribution in [0.5, 0.6) is 0 Å². The topological polar surface area (TPSA) is 66.7 Å². The monoisotopic (exact) mass is 422 g/mol. The van der Waals surface area contributed by atoms with Crippen molar-refractivity contribution in [2.24, 2.45) is 5.92 Å². The minimum absolute atomic E-state index is 0.0300. The maximum absolute atomic E-state index is 12.5. The maximum atomic E-state index is 12.5. The number of alkyl halides is 3. The lowest BCUT2D eigenvalue weighted by molar-refractivity contribution is -0.138. The molecule has 0 aliphatic heterocycles. The molecule has 1 saturated carbocycles. The molecule has 3 aromatic heterocycles. The van der Waals surface area contributed by atoms with Gasteiger partial charge in [0.1, 0.15) is 12.2 Å². The van der Waals surface area contributed by atoms with E-state index in [0.717, 1.165) is 42.4 Å². The molecule has 1 N–H and O–H groups in total. The zero-order valence-corrected chi connectivity index (χ0v) is 16.2. The smallest absolute Gasteiger partial charge is 0.332 e. The summed E-state index contributed by atoms with van der Waals surface area (Å²) in [4.78, 5) is 29.4. The lowest BCUT2D eigenvalue weighted by Crippen LogP contribution is -2.35. The number of nitrogens with zero attached hydrogens (tertiary/aromatic N) is 3. The second-order valence-corrected chi connectivity index (χ2v) is 7.96. The number of thiophene rings is 1. The molecule has 0 unspecified atom stereocenters. The van der Waals surface area contributed by atoms with E-state index in [-0.39, 0.29) is 16.7 Å². The minimum Gasteiger partial charge on any atom is -0.332 e. The van der Waals surface area contributed by atoms with Gasteiger partial charge in [-0.1, -0.05) is 0 Å². The van der Waals surface area contributed by atoms with Crippen LogP contribution in [0.1, 0.15) is 22.5 Å². The minimum atomic E-state index is -4.44. The third-order valence-corrected chi connectivity index (χ3v) is 5.48. The van der Waals surface area contributed by atoms with Crippen LogP contribution in [0.2, 0.25) is 0 Å². The second kappa shape index (κ2) is 7.18. The van der Waals surface area contributed by atoms with E-state index >= 15 is 0 Å². The molecule has 1 aliphatic carbocycles. The zero-order valence-electron chi connectivity index (χ0n) is 15.4. The Balaban J connectivity index is 1.52. The van der Waals surface area contributed by atoms with Gasteiger partial charge in [0.2, 0.25) is 5.91 Å². The van der Waals surface area contributed by atoms with Crippen LogP contribution in [0.3, 0.4) is 0 Å². The molecule has 3 heterocycles. The van der Waals surface area contributed by atoms with Gasteiger partial charge in [-0.2, -0.15) is 13.2 Å².